The average Bonchev–Trinajstić information content (AvgIpc) is 3.11. The molecule has 0 spiro atoms. The summed E-state index contributed by atoms with van der Waals surface area (Å²) in [7, 11) is 5.62. The van der Waals surface area contributed by atoms with Gasteiger partial charge in [0.15, 0.2) is 0 Å². The van der Waals surface area contributed by atoms with Gasteiger partial charge in [-0.2, -0.15) is 5.10 Å². The fraction of sp³-hybridized carbons (Fsp3) is 0.391. The van der Waals surface area contributed by atoms with Gasteiger partial charge < -0.3 is 9.80 Å². The van der Waals surface area contributed by atoms with Gasteiger partial charge in [0, 0.05) is 58.1 Å². The summed E-state index contributed by atoms with van der Waals surface area (Å²) < 4.78 is 15.1. The Bertz CT molecular complexity index is 1090. The molecule has 0 bridgehead atoms. The van der Waals surface area contributed by atoms with Crippen LogP contribution >= 0.6 is 0 Å². The van der Waals surface area contributed by atoms with E-state index in [0.717, 1.165) is 35.4 Å². The summed E-state index contributed by atoms with van der Waals surface area (Å²) in [5.41, 5.74) is 4.01. The van der Waals surface area contributed by atoms with Crippen molar-refractivity contribution in [2.24, 2.45) is 7.05 Å². The number of benzene rings is 1. The molecule has 162 valence electrons. The van der Waals surface area contributed by atoms with Gasteiger partial charge in [-0.05, 0) is 37.5 Å². The molecule has 1 amide bonds. The van der Waals surface area contributed by atoms with E-state index in [2.05, 4.69) is 10.1 Å². The summed E-state index contributed by atoms with van der Waals surface area (Å²) >= 11 is 0. The van der Waals surface area contributed by atoms with Crippen LogP contribution in [0.3, 0.4) is 0 Å². The third-order valence-corrected chi connectivity index (χ3v) is 5.70. The molecule has 1 aromatic carbocycles. The zero-order valence-corrected chi connectivity index (χ0v) is 18.3. The topological polar surface area (TPSA) is 67.2 Å². The van der Waals surface area contributed by atoms with Gasteiger partial charge in [-0.15, -0.1) is 0 Å². The minimum atomic E-state index is -0.280. The first-order valence-electron chi connectivity index (χ1n) is 10.4. The van der Waals surface area contributed by atoms with Crippen molar-refractivity contribution >= 4 is 11.9 Å². The van der Waals surface area contributed by atoms with E-state index < -0.39 is 0 Å². The molecule has 7 nitrogen and oxygen atoms in total. The van der Waals surface area contributed by atoms with Crippen molar-refractivity contribution < 1.29 is 9.18 Å². The van der Waals surface area contributed by atoms with Crippen LogP contribution in [0.25, 0.3) is 11.1 Å². The Morgan fingerprint density at radius 3 is 2.61 bits per heavy atom. The van der Waals surface area contributed by atoms with E-state index in [1.807, 2.05) is 37.9 Å². The number of piperidine rings is 1. The van der Waals surface area contributed by atoms with Crippen LogP contribution in [0.15, 0.2) is 36.7 Å². The fourth-order valence-electron chi connectivity index (χ4n) is 4.13. The maximum absolute atomic E-state index is 13.5. The van der Waals surface area contributed by atoms with Crippen molar-refractivity contribution in [1.29, 1.82) is 0 Å². The molecule has 1 aliphatic heterocycles. The van der Waals surface area contributed by atoms with E-state index in [-0.39, 0.29) is 17.6 Å². The fourth-order valence-corrected chi connectivity index (χ4v) is 4.13. The van der Waals surface area contributed by atoms with E-state index >= 15 is 0 Å². The van der Waals surface area contributed by atoms with Gasteiger partial charge in [-0.1, -0.05) is 12.1 Å². The first-order valence-corrected chi connectivity index (χ1v) is 10.4. The Morgan fingerprint density at radius 1 is 1.23 bits per heavy atom. The zero-order valence-electron chi connectivity index (χ0n) is 18.3. The van der Waals surface area contributed by atoms with E-state index in [1.165, 1.54) is 12.1 Å². The molecular formula is C23H27FN6O. The van der Waals surface area contributed by atoms with Crippen LogP contribution < -0.4 is 4.90 Å². The highest BCUT2D eigenvalue weighted by atomic mass is 19.1. The third kappa shape index (κ3) is 4.28. The van der Waals surface area contributed by atoms with Gasteiger partial charge in [0.05, 0.1) is 17.0 Å². The van der Waals surface area contributed by atoms with Gasteiger partial charge in [0.25, 0.3) is 5.91 Å². The molecular weight excluding hydrogens is 395 g/mol. The molecule has 1 unspecified atom stereocenters. The highest BCUT2D eigenvalue weighted by Gasteiger charge is 2.30. The Morgan fingerprint density at radius 2 is 1.97 bits per heavy atom. The summed E-state index contributed by atoms with van der Waals surface area (Å²) in [5, 5.41) is 4.31. The molecule has 4 rings (SSSR count). The number of likely N-dealkylation sites (tertiary alicyclic amines) is 1. The van der Waals surface area contributed by atoms with E-state index in [1.54, 1.807) is 29.2 Å². The zero-order chi connectivity index (χ0) is 22.1. The molecule has 0 N–H and O–H groups in total. The number of anilines is 1. The smallest absolute Gasteiger partial charge is 0.257 e. The van der Waals surface area contributed by atoms with Crippen molar-refractivity contribution in [3.05, 3.63) is 59.4 Å². The van der Waals surface area contributed by atoms with Crippen molar-refractivity contribution in [2.45, 2.75) is 25.7 Å². The predicted octanol–water partition coefficient (Wildman–Crippen LogP) is 3.41. The molecule has 1 saturated heterocycles. The van der Waals surface area contributed by atoms with Gasteiger partial charge in [0.1, 0.15) is 5.82 Å². The quantitative estimate of drug-likeness (QED) is 0.645. The molecule has 31 heavy (non-hydrogen) atoms. The molecule has 1 fully saturated rings. The Labute approximate surface area is 181 Å². The Balaban J connectivity index is 1.68. The second kappa shape index (κ2) is 8.45. The first-order chi connectivity index (χ1) is 14.8. The number of hydrogen-bond acceptors (Lipinski definition) is 5. The average molecular weight is 423 g/mol. The monoisotopic (exact) mass is 422 g/mol. The molecule has 2 aromatic heterocycles. The van der Waals surface area contributed by atoms with Gasteiger partial charge in [-0.25, -0.2) is 14.4 Å². The molecule has 8 heteroatoms. The summed E-state index contributed by atoms with van der Waals surface area (Å²) in [6.45, 7) is 3.14. The van der Waals surface area contributed by atoms with Crippen molar-refractivity contribution in [2.75, 3.05) is 32.1 Å². The molecule has 3 aromatic rings. The number of aryl methyl sites for hydroxylation is 2. The van der Waals surface area contributed by atoms with Crippen LogP contribution in [0.2, 0.25) is 0 Å². The molecule has 1 atom stereocenters. The van der Waals surface area contributed by atoms with Gasteiger partial charge in [-0.3, -0.25) is 9.48 Å². The van der Waals surface area contributed by atoms with Crippen molar-refractivity contribution in [3.8, 4) is 11.1 Å². The van der Waals surface area contributed by atoms with Crippen molar-refractivity contribution in [3.63, 3.8) is 0 Å². The number of nitrogens with zero attached hydrogens (tertiary/aromatic N) is 6. The lowest BCUT2D eigenvalue weighted by molar-refractivity contribution is 0.0705. The van der Waals surface area contributed by atoms with Crippen LogP contribution in [0.5, 0.6) is 0 Å². The highest BCUT2D eigenvalue weighted by Crippen LogP contribution is 2.34. The largest absolute Gasteiger partial charge is 0.347 e. The number of hydrogen-bond donors (Lipinski definition) is 0. The summed E-state index contributed by atoms with van der Waals surface area (Å²) in [4.78, 5) is 26.3. The predicted molar refractivity (Wildman–Crippen MR) is 118 cm³/mol. The van der Waals surface area contributed by atoms with Crippen LogP contribution in [0.4, 0.5) is 10.3 Å². The van der Waals surface area contributed by atoms with Gasteiger partial charge in [0.2, 0.25) is 5.95 Å². The van der Waals surface area contributed by atoms with E-state index in [9.17, 15) is 9.18 Å². The number of rotatable bonds is 4. The van der Waals surface area contributed by atoms with Crippen LogP contribution in [0.1, 0.15) is 40.5 Å². The minimum Gasteiger partial charge on any atom is -0.347 e. The number of aromatic nitrogens is 4. The van der Waals surface area contributed by atoms with Crippen LogP contribution in [-0.4, -0.2) is 57.7 Å². The normalized spacial score (nSPS) is 16.4. The molecule has 0 aliphatic carbocycles. The summed E-state index contributed by atoms with van der Waals surface area (Å²) in [6.07, 6.45) is 5.39. The van der Waals surface area contributed by atoms with Gasteiger partial charge >= 0.3 is 0 Å². The second-order valence-electron chi connectivity index (χ2n) is 8.26. The lowest BCUT2D eigenvalue weighted by Gasteiger charge is -2.33. The number of amides is 1. The maximum Gasteiger partial charge on any atom is 0.257 e. The van der Waals surface area contributed by atoms with Crippen molar-refractivity contribution in [1.82, 2.24) is 24.6 Å². The summed E-state index contributed by atoms with van der Waals surface area (Å²) in [5.74, 6) is 0.404. The molecule has 3 heterocycles. The molecule has 0 saturated carbocycles. The Hall–Kier alpha value is -3.29. The molecule has 1 aliphatic rings. The SMILES string of the molecule is Cc1nn(C)cc1C(=O)N1CCCC(c2nc(N(C)C)ncc2-c2ccc(F)cc2)C1. The van der Waals surface area contributed by atoms with Crippen LogP contribution in [-0.2, 0) is 7.05 Å². The minimum absolute atomic E-state index is 0.000483. The lowest BCUT2D eigenvalue weighted by Crippen LogP contribution is -2.39. The maximum atomic E-state index is 13.5. The second-order valence-corrected chi connectivity index (χ2v) is 8.26. The Kier molecular flexibility index (Phi) is 5.71. The van der Waals surface area contributed by atoms with Crippen LogP contribution in [0, 0.1) is 12.7 Å². The first kappa shape index (κ1) is 21.0. The lowest BCUT2D eigenvalue weighted by atomic mass is 9.89. The standard InChI is InChI=1S/C23H27FN6O/c1-15-20(14-29(4)27-15)22(31)30-11-5-6-17(13-30)21-19(12-25-23(26-21)28(2)3)16-7-9-18(24)10-8-16/h7-10,12,14,17H,5-6,11,13H2,1-4H3. The number of halogens is 1. The molecule has 0 radical (unpaired) electrons. The van der Waals surface area contributed by atoms with E-state index in [0.29, 0.717) is 24.6 Å². The number of carbonyl (C=O) groups is 1. The summed E-state index contributed by atoms with van der Waals surface area (Å²) in [6, 6.07) is 6.39. The number of carbonyl (C=O) groups excluding carboxylic acids is 1. The van der Waals surface area contributed by atoms with E-state index in [4.69, 9.17) is 4.98 Å². The third-order valence-electron chi connectivity index (χ3n) is 5.70. The highest BCUT2D eigenvalue weighted by molar-refractivity contribution is 5.95.